The van der Waals surface area contributed by atoms with Crippen molar-refractivity contribution >= 4 is 41.6 Å². The van der Waals surface area contributed by atoms with Crippen molar-refractivity contribution < 1.29 is 43.0 Å². The van der Waals surface area contributed by atoms with Crippen LogP contribution in [-0.4, -0.2) is 83.5 Å². The van der Waals surface area contributed by atoms with Gasteiger partial charge in [0.25, 0.3) is 5.91 Å². The van der Waals surface area contributed by atoms with E-state index in [1.165, 1.54) is 19.9 Å². The summed E-state index contributed by atoms with van der Waals surface area (Å²) >= 11 is 0. The van der Waals surface area contributed by atoms with Crippen LogP contribution in [0.1, 0.15) is 88.1 Å². The fourth-order valence-corrected chi connectivity index (χ4v) is 5.40. The predicted octanol–water partition coefficient (Wildman–Crippen LogP) is 2.39. The number of nitrogens with one attached hydrogen (secondary N) is 6. The van der Waals surface area contributed by atoms with Crippen LogP contribution in [0.3, 0.4) is 0 Å². The van der Waals surface area contributed by atoms with E-state index in [9.17, 15) is 33.6 Å². The molecule has 15 heteroatoms. The highest BCUT2D eigenvalue weighted by Gasteiger charge is 2.39. The second-order valence-electron chi connectivity index (χ2n) is 15.0. The minimum Gasteiger partial charge on any atom is -0.458 e. The van der Waals surface area contributed by atoms with Crippen molar-refractivity contribution in [2.45, 2.75) is 131 Å². The first-order chi connectivity index (χ1) is 24.7. The molecule has 1 fully saturated rings. The molecule has 53 heavy (non-hydrogen) atoms. The van der Waals surface area contributed by atoms with Gasteiger partial charge in [-0.1, -0.05) is 84.4 Å². The molecular weight excluding hydrogens is 684 g/mol. The van der Waals surface area contributed by atoms with Crippen LogP contribution in [0.2, 0.25) is 0 Å². The lowest BCUT2D eigenvalue weighted by molar-refractivity contribution is -0.156. The highest BCUT2D eigenvalue weighted by molar-refractivity contribution is 6.01. The predicted molar refractivity (Wildman–Crippen MR) is 198 cm³/mol. The molecule has 0 bridgehead atoms. The maximum Gasteiger partial charge on any atom is 0.408 e. The van der Waals surface area contributed by atoms with Gasteiger partial charge in [-0.05, 0) is 57.9 Å². The summed E-state index contributed by atoms with van der Waals surface area (Å²) in [6.45, 7) is 18.1. The van der Waals surface area contributed by atoms with Crippen LogP contribution < -0.4 is 31.9 Å². The molecule has 6 N–H and O–H groups in total. The Kier molecular flexibility index (Phi) is 16.5. The Bertz CT molecular complexity index is 1500. The molecule has 7 atom stereocenters. The van der Waals surface area contributed by atoms with Crippen molar-refractivity contribution in [3.05, 3.63) is 47.7 Å². The summed E-state index contributed by atoms with van der Waals surface area (Å²) in [5.41, 5.74) is -0.415. The van der Waals surface area contributed by atoms with Gasteiger partial charge in [0, 0.05) is 6.42 Å². The molecule has 0 saturated carbocycles. The Labute approximate surface area is 312 Å². The molecule has 0 spiro atoms. The van der Waals surface area contributed by atoms with E-state index in [0.717, 1.165) is 0 Å². The first-order valence-electron chi connectivity index (χ1n) is 18.1. The summed E-state index contributed by atoms with van der Waals surface area (Å²) in [7, 11) is 0. The summed E-state index contributed by atoms with van der Waals surface area (Å²) in [5, 5.41) is 15.8. The van der Waals surface area contributed by atoms with Gasteiger partial charge in [0.05, 0.1) is 0 Å². The first kappa shape index (κ1) is 44.2. The second-order valence-corrected chi connectivity index (χ2v) is 15.0. The van der Waals surface area contributed by atoms with E-state index >= 15 is 0 Å². The lowest BCUT2D eigenvalue weighted by Gasteiger charge is -2.32. The van der Waals surface area contributed by atoms with Gasteiger partial charge >= 0.3 is 12.1 Å². The first-order valence-corrected chi connectivity index (χ1v) is 18.1. The lowest BCUT2D eigenvalue weighted by Crippen LogP contribution is -2.62. The highest BCUT2D eigenvalue weighted by atomic mass is 16.6. The topological polar surface area (TPSA) is 210 Å². The number of cyclic esters (lactones) is 1. The van der Waals surface area contributed by atoms with E-state index in [1.807, 2.05) is 6.92 Å². The minimum atomic E-state index is -1.55. The van der Waals surface area contributed by atoms with Gasteiger partial charge in [0.1, 0.15) is 47.6 Å². The van der Waals surface area contributed by atoms with Gasteiger partial charge in [-0.15, -0.1) is 0 Å². The number of amides is 6. The number of carbonyl (C=O) groups excluding carboxylic acids is 7. The molecule has 1 heterocycles. The standard InChI is InChI=1S/C38H58N6O9/c1-12-22(7)29-34(48)41-27(20(3)4)33(47)40-26(19-24-17-15-14-16-18-24)32(46)39-25(13-2)31(45)42-28(21(5)6)36(50)52-23(8)30(35(49)43-29)44-37(51)53-38(9,10)11/h13-18,20-23,26-30H,12,19H2,1-11H3,(H,39,46)(H,40,47)(H,41,48)(H,42,45)(H,43,49)(H,44,51)/b25-13-/t22-,23+,26-,27+,28-,29+,30+/m0/s1. The maximum absolute atomic E-state index is 14.0. The Balaban J connectivity index is 2.70. The minimum absolute atomic E-state index is 0.0478. The molecular formula is C38H58N6O9. The van der Waals surface area contributed by atoms with Crippen LogP contribution >= 0.6 is 0 Å². The molecule has 0 aliphatic carbocycles. The van der Waals surface area contributed by atoms with Gasteiger partial charge in [-0.3, -0.25) is 24.0 Å². The number of hydrogen-bond acceptors (Lipinski definition) is 9. The van der Waals surface area contributed by atoms with Crippen LogP contribution in [-0.2, 0) is 44.7 Å². The maximum atomic E-state index is 14.0. The number of esters is 1. The number of allylic oxidation sites excluding steroid dienone is 1. The van der Waals surface area contributed by atoms with Gasteiger partial charge in [0.15, 0.2) is 0 Å². The zero-order valence-electron chi connectivity index (χ0n) is 32.7. The summed E-state index contributed by atoms with van der Waals surface area (Å²) in [4.78, 5) is 95.7. The van der Waals surface area contributed by atoms with Gasteiger partial charge in [0.2, 0.25) is 23.6 Å². The SMILES string of the molecule is C/C=C1\NC(=O)[C@H](Cc2ccccc2)NC(=O)[C@@H](C(C)C)NC(=O)[C@@H]([C@@H](C)CC)NC(=O)[C@H](NC(=O)OC(C)(C)C)[C@@H](C)OC(=O)[C@H](C(C)C)NC1=O. The van der Waals surface area contributed by atoms with Gasteiger partial charge in [-0.2, -0.15) is 0 Å². The Morgan fingerprint density at radius 3 is 1.92 bits per heavy atom. The molecule has 1 saturated heterocycles. The number of ether oxygens (including phenoxy) is 2. The van der Waals surface area contributed by atoms with Gasteiger partial charge < -0.3 is 41.4 Å². The molecule has 0 aromatic heterocycles. The van der Waals surface area contributed by atoms with E-state index in [2.05, 4.69) is 31.9 Å². The third kappa shape index (κ3) is 13.5. The normalized spacial score (nSPS) is 25.8. The molecule has 2 rings (SSSR count). The highest BCUT2D eigenvalue weighted by Crippen LogP contribution is 2.15. The Morgan fingerprint density at radius 1 is 0.830 bits per heavy atom. The molecule has 0 unspecified atom stereocenters. The van der Waals surface area contributed by atoms with Crippen molar-refractivity contribution in [3.8, 4) is 0 Å². The molecule has 1 aliphatic heterocycles. The van der Waals surface area contributed by atoms with E-state index in [-0.39, 0.29) is 12.1 Å². The number of benzene rings is 1. The van der Waals surface area contributed by atoms with Crippen LogP contribution in [0, 0.1) is 17.8 Å². The van der Waals surface area contributed by atoms with Gasteiger partial charge in [-0.25, -0.2) is 9.59 Å². The Morgan fingerprint density at radius 2 is 1.40 bits per heavy atom. The molecule has 1 aromatic carbocycles. The van der Waals surface area contributed by atoms with Crippen LogP contribution in [0.5, 0.6) is 0 Å². The van der Waals surface area contributed by atoms with Crippen molar-refractivity contribution in [2.75, 3.05) is 0 Å². The zero-order valence-corrected chi connectivity index (χ0v) is 32.7. The Hall–Kier alpha value is -4.95. The summed E-state index contributed by atoms with van der Waals surface area (Å²) in [6.07, 6.45) is -0.475. The summed E-state index contributed by atoms with van der Waals surface area (Å²) in [5.74, 6) is -6.10. The lowest BCUT2D eigenvalue weighted by atomic mass is 9.95. The largest absolute Gasteiger partial charge is 0.458 e. The molecule has 294 valence electrons. The number of hydrogen-bond donors (Lipinski definition) is 6. The second kappa shape index (κ2) is 19.8. The number of carbonyl (C=O) groups is 7. The van der Waals surface area contributed by atoms with Crippen molar-refractivity contribution in [2.24, 2.45) is 17.8 Å². The van der Waals surface area contributed by atoms with E-state index in [0.29, 0.717) is 12.0 Å². The quantitative estimate of drug-likeness (QED) is 0.179. The monoisotopic (exact) mass is 742 g/mol. The zero-order chi connectivity index (χ0) is 40.2. The average molecular weight is 743 g/mol. The van der Waals surface area contributed by atoms with E-state index in [1.54, 1.807) is 85.7 Å². The smallest absolute Gasteiger partial charge is 0.408 e. The molecule has 1 aromatic rings. The fourth-order valence-electron chi connectivity index (χ4n) is 5.40. The molecule has 6 amide bonds. The average Bonchev–Trinajstić information content (AvgIpc) is 3.07. The van der Waals surface area contributed by atoms with Crippen molar-refractivity contribution in [1.82, 2.24) is 31.9 Å². The molecule has 15 nitrogen and oxygen atoms in total. The van der Waals surface area contributed by atoms with E-state index in [4.69, 9.17) is 9.47 Å². The van der Waals surface area contributed by atoms with E-state index < -0.39 is 101 Å². The number of alkyl carbamates (subject to hydrolysis) is 1. The third-order valence-electron chi connectivity index (χ3n) is 8.68. The van der Waals surface area contributed by atoms with Crippen LogP contribution in [0.4, 0.5) is 4.79 Å². The fraction of sp³-hybridized carbons (Fsp3) is 0.605. The summed E-state index contributed by atoms with van der Waals surface area (Å²) in [6, 6.07) is 2.59. The summed E-state index contributed by atoms with van der Waals surface area (Å²) < 4.78 is 11.1. The van der Waals surface area contributed by atoms with Crippen LogP contribution in [0.15, 0.2) is 42.1 Å². The molecule has 1 aliphatic rings. The van der Waals surface area contributed by atoms with Crippen molar-refractivity contribution in [1.29, 1.82) is 0 Å². The number of rotatable bonds is 7. The third-order valence-corrected chi connectivity index (χ3v) is 8.68. The molecule has 0 radical (unpaired) electrons. The van der Waals surface area contributed by atoms with Crippen molar-refractivity contribution in [3.63, 3.8) is 0 Å². The van der Waals surface area contributed by atoms with Crippen LogP contribution in [0.25, 0.3) is 0 Å².